The van der Waals surface area contributed by atoms with Crippen LogP contribution in [0.25, 0.3) is 11.1 Å². The van der Waals surface area contributed by atoms with Gasteiger partial charge in [0.25, 0.3) is 0 Å². The highest BCUT2D eigenvalue weighted by molar-refractivity contribution is 5.87. The average molecular weight is 352 g/mol. The summed E-state index contributed by atoms with van der Waals surface area (Å²) in [6.45, 7) is 4.04. The fourth-order valence-electron chi connectivity index (χ4n) is 3.22. The van der Waals surface area contributed by atoms with Crippen molar-refractivity contribution in [2.45, 2.75) is 25.9 Å². The summed E-state index contributed by atoms with van der Waals surface area (Å²) >= 11 is 0. The Labute approximate surface area is 154 Å². The van der Waals surface area contributed by atoms with Gasteiger partial charge in [0.1, 0.15) is 6.04 Å². The van der Waals surface area contributed by atoms with E-state index in [1.54, 1.807) is 6.92 Å². The maximum Gasteiger partial charge on any atom is 0.307 e. The zero-order valence-corrected chi connectivity index (χ0v) is 15.0. The molecule has 1 amide bonds. The van der Waals surface area contributed by atoms with E-state index in [1.807, 2.05) is 23.1 Å². The lowest BCUT2D eigenvalue weighted by atomic mass is 10.0. The molecule has 2 aromatic rings. The second-order valence-electron chi connectivity index (χ2n) is 6.35. The van der Waals surface area contributed by atoms with E-state index >= 15 is 0 Å². The Morgan fingerprint density at radius 2 is 1.81 bits per heavy atom. The second kappa shape index (κ2) is 8.63. The van der Waals surface area contributed by atoms with Gasteiger partial charge >= 0.3 is 5.97 Å². The Morgan fingerprint density at radius 1 is 1.12 bits per heavy atom. The summed E-state index contributed by atoms with van der Waals surface area (Å²) < 4.78 is 5.01. The van der Waals surface area contributed by atoms with Crippen molar-refractivity contribution in [3.05, 3.63) is 60.2 Å². The molecule has 2 aromatic carbocycles. The SMILES string of the molecule is CCOC(=O)CC1C(=O)NCCN1Cc1ccc(-c2ccccc2)cc1. The first-order valence-corrected chi connectivity index (χ1v) is 8.99. The smallest absolute Gasteiger partial charge is 0.307 e. The molecule has 1 heterocycles. The first-order chi connectivity index (χ1) is 12.7. The quantitative estimate of drug-likeness (QED) is 0.812. The van der Waals surface area contributed by atoms with Gasteiger partial charge in [-0.25, -0.2) is 0 Å². The number of amides is 1. The lowest BCUT2D eigenvalue weighted by Crippen LogP contribution is -2.55. The average Bonchev–Trinajstić information content (AvgIpc) is 2.66. The number of benzene rings is 2. The van der Waals surface area contributed by atoms with Crippen molar-refractivity contribution in [1.29, 1.82) is 0 Å². The first kappa shape index (κ1) is 18.1. The molecule has 0 aliphatic carbocycles. The minimum absolute atomic E-state index is 0.0851. The molecule has 1 fully saturated rings. The van der Waals surface area contributed by atoms with Gasteiger partial charge in [0.2, 0.25) is 5.91 Å². The Kier molecular flexibility index (Phi) is 6.02. The van der Waals surface area contributed by atoms with Crippen molar-refractivity contribution in [3.63, 3.8) is 0 Å². The summed E-state index contributed by atoms with van der Waals surface area (Å²) in [7, 11) is 0. The number of hydrogen-bond acceptors (Lipinski definition) is 4. The summed E-state index contributed by atoms with van der Waals surface area (Å²) in [6.07, 6.45) is 0.0851. The predicted molar refractivity (Wildman–Crippen MR) is 100 cm³/mol. The highest BCUT2D eigenvalue weighted by Crippen LogP contribution is 2.21. The summed E-state index contributed by atoms with van der Waals surface area (Å²) in [5.41, 5.74) is 3.46. The van der Waals surface area contributed by atoms with Gasteiger partial charge in [0, 0.05) is 19.6 Å². The number of rotatable bonds is 6. The molecule has 1 aliphatic heterocycles. The third kappa shape index (κ3) is 4.49. The Hall–Kier alpha value is -2.66. The van der Waals surface area contributed by atoms with Gasteiger partial charge in [-0.3, -0.25) is 14.5 Å². The zero-order valence-electron chi connectivity index (χ0n) is 15.0. The summed E-state index contributed by atoms with van der Waals surface area (Å²) in [6, 6.07) is 18.1. The minimum atomic E-state index is -0.475. The van der Waals surface area contributed by atoms with Crippen LogP contribution in [0.5, 0.6) is 0 Å². The molecule has 5 nitrogen and oxygen atoms in total. The molecule has 0 bridgehead atoms. The lowest BCUT2D eigenvalue weighted by molar-refractivity contribution is -0.148. The summed E-state index contributed by atoms with van der Waals surface area (Å²) in [5.74, 6) is -0.441. The van der Waals surface area contributed by atoms with Crippen LogP contribution in [0.2, 0.25) is 0 Å². The molecular weight excluding hydrogens is 328 g/mol. The molecule has 136 valence electrons. The van der Waals surface area contributed by atoms with Gasteiger partial charge in [0.15, 0.2) is 0 Å². The number of nitrogens with one attached hydrogen (secondary N) is 1. The van der Waals surface area contributed by atoms with Crippen LogP contribution >= 0.6 is 0 Å². The van der Waals surface area contributed by atoms with Crippen LogP contribution in [-0.4, -0.2) is 42.5 Å². The van der Waals surface area contributed by atoms with Crippen LogP contribution in [0.15, 0.2) is 54.6 Å². The maximum atomic E-state index is 12.2. The standard InChI is InChI=1S/C21H24N2O3/c1-2-26-20(24)14-19-21(25)22-12-13-23(19)15-16-8-10-18(11-9-16)17-6-4-3-5-7-17/h3-11,19H,2,12-15H2,1H3,(H,22,25). The first-order valence-electron chi connectivity index (χ1n) is 8.99. The van der Waals surface area contributed by atoms with Gasteiger partial charge in [-0.15, -0.1) is 0 Å². The Bertz CT molecular complexity index is 744. The third-order valence-electron chi connectivity index (χ3n) is 4.55. The normalized spacial score (nSPS) is 17.6. The zero-order chi connectivity index (χ0) is 18.4. The number of carbonyl (C=O) groups excluding carboxylic acids is 2. The van der Waals surface area contributed by atoms with Gasteiger partial charge in [-0.1, -0.05) is 54.6 Å². The molecule has 3 rings (SSSR count). The van der Waals surface area contributed by atoms with Crippen LogP contribution in [0.4, 0.5) is 0 Å². The van der Waals surface area contributed by atoms with E-state index in [0.29, 0.717) is 19.7 Å². The molecule has 1 atom stereocenters. The molecule has 26 heavy (non-hydrogen) atoms. The maximum absolute atomic E-state index is 12.2. The number of piperazine rings is 1. The van der Waals surface area contributed by atoms with E-state index in [9.17, 15) is 9.59 Å². The monoisotopic (exact) mass is 352 g/mol. The van der Waals surface area contributed by atoms with Crippen molar-refractivity contribution >= 4 is 11.9 Å². The van der Waals surface area contributed by atoms with E-state index < -0.39 is 6.04 Å². The molecule has 0 radical (unpaired) electrons. The van der Waals surface area contributed by atoms with Crippen molar-refractivity contribution < 1.29 is 14.3 Å². The van der Waals surface area contributed by atoms with Crippen molar-refractivity contribution in [3.8, 4) is 11.1 Å². The fourth-order valence-corrected chi connectivity index (χ4v) is 3.22. The number of carbonyl (C=O) groups is 2. The highest BCUT2D eigenvalue weighted by Gasteiger charge is 2.32. The van der Waals surface area contributed by atoms with Gasteiger partial charge in [-0.05, 0) is 23.6 Å². The van der Waals surface area contributed by atoms with E-state index in [1.165, 1.54) is 5.56 Å². The molecule has 1 saturated heterocycles. The highest BCUT2D eigenvalue weighted by atomic mass is 16.5. The van der Waals surface area contributed by atoms with E-state index in [0.717, 1.165) is 17.7 Å². The van der Waals surface area contributed by atoms with E-state index in [-0.39, 0.29) is 18.3 Å². The van der Waals surface area contributed by atoms with Crippen LogP contribution in [0.3, 0.4) is 0 Å². The molecule has 0 saturated carbocycles. The lowest BCUT2D eigenvalue weighted by Gasteiger charge is -2.34. The van der Waals surface area contributed by atoms with Crippen LogP contribution in [-0.2, 0) is 20.9 Å². The van der Waals surface area contributed by atoms with Gasteiger partial charge < -0.3 is 10.1 Å². The predicted octanol–water partition coefficient (Wildman–Crippen LogP) is 2.61. The molecule has 0 spiro atoms. The number of nitrogens with zero attached hydrogens (tertiary/aromatic N) is 1. The van der Waals surface area contributed by atoms with E-state index in [2.05, 4.69) is 41.7 Å². The number of ether oxygens (including phenoxy) is 1. The fraction of sp³-hybridized carbons (Fsp3) is 0.333. The van der Waals surface area contributed by atoms with Gasteiger partial charge in [-0.2, -0.15) is 0 Å². The Balaban J connectivity index is 1.69. The molecule has 1 N–H and O–H groups in total. The molecule has 1 aliphatic rings. The largest absolute Gasteiger partial charge is 0.466 e. The van der Waals surface area contributed by atoms with Gasteiger partial charge in [0.05, 0.1) is 13.0 Å². The van der Waals surface area contributed by atoms with Crippen LogP contribution in [0.1, 0.15) is 18.9 Å². The van der Waals surface area contributed by atoms with Crippen LogP contribution in [0, 0.1) is 0 Å². The number of hydrogen-bond donors (Lipinski definition) is 1. The van der Waals surface area contributed by atoms with Crippen LogP contribution < -0.4 is 5.32 Å². The topological polar surface area (TPSA) is 58.6 Å². The second-order valence-corrected chi connectivity index (χ2v) is 6.35. The Morgan fingerprint density at radius 3 is 2.50 bits per heavy atom. The molecule has 0 aromatic heterocycles. The van der Waals surface area contributed by atoms with Crippen molar-refractivity contribution in [2.24, 2.45) is 0 Å². The minimum Gasteiger partial charge on any atom is -0.466 e. The third-order valence-corrected chi connectivity index (χ3v) is 4.55. The number of esters is 1. The molecular formula is C21H24N2O3. The summed E-state index contributed by atoms with van der Waals surface area (Å²) in [4.78, 5) is 26.1. The summed E-state index contributed by atoms with van der Waals surface area (Å²) in [5, 5.41) is 2.84. The molecule has 1 unspecified atom stereocenters. The van der Waals surface area contributed by atoms with E-state index in [4.69, 9.17) is 4.74 Å². The van der Waals surface area contributed by atoms with Crippen molar-refractivity contribution in [2.75, 3.05) is 19.7 Å². The van der Waals surface area contributed by atoms with Crippen molar-refractivity contribution in [1.82, 2.24) is 10.2 Å². The molecule has 5 heteroatoms.